The van der Waals surface area contributed by atoms with Gasteiger partial charge in [0, 0.05) is 24.0 Å². The molecule has 0 aliphatic rings. The fourth-order valence-electron chi connectivity index (χ4n) is 2.62. The number of rotatable bonds is 5. The average Bonchev–Trinajstić information content (AvgIpc) is 2.66. The molecule has 9 heteroatoms. The molecule has 0 N–H and O–H groups in total. The third-order valence-electron chi connectivity index (χ3n) is 4.01. The van der Waals surface area contributed by atoms with Gasteiger partial charge >= 0.3 is 0 Å². The molecule has 3 aromatic heterocycles. The number of hydrogen-bond acceptors (Lipinski definition) is 5. The van der Waals surface area contributed by atoms with Gasteiger partial charge in [0.25, 0.3) is 5.56 Å². The van der Waals surface area contributed by atoms with Crippen LogP contribution in [-0.2, 0) is 6.61 Å². The molecule has 3 rings (SSSR count). The first-order valence-corrected chi connectivity index (χ1v) is 9.16. The van der Waals surface area contributed by atoms with E-state index in [9.17, 15) is 18.4 Å². The molecule has 0 saturated carbocycles. The van der Waals surface area contributed by atoms with Gasteiger partial charge < -0.3 is 4.74 Å². The first-order chi connectivity index (χ1) is 13.3. The van der Waals surface area contributed by atoms with Crippen LogP contribution in [0.15, 0.2) is 35.4 Å². The fraction of sp³-hybridized carbons (Fsp3) is 0.158. The van der Waals surface area contributed by atoms with Gasteiger partial charge in [0.15, 0.2) is 12.1 Å². The second kappa shape index (κ2) is 8.13. The topological polar surface area (TPSA) is 74.1 Å². The Morgan fingerprint density at radius 1 is 1.18 bits per heavy atom. The van der Waals surface area contributed by atoms with Crippen molar-refractivity contribution in [2.24, 2.45) is 0 Å². The number of carbonyl (C=O) groups excluding carboxylic acids is 1. The molecular weight excluding hydrogens is 483 g/mol. The Kier molecular flexibility index (Phi) is 5.82. The number of ether oxygens (including phenoxy) is 1. The third kappa shape index (κ3) is 3.93. The minimum atomic E-state index is -0.825. The number of pyridine rings is 3. The van der Waals surface area contributed by atoms with Crippen molar-refractivity contribution in [3.8, 4) is 11.4 Å². The van der Waals surface area contributed by atoms with Gasteiger partial charge in [0.05, 0.1) is 11.9 Å². The zero-order chi connectivity index (χ0) is 20.4. The van der Waals surface area contributed by atoms with Gasteiger partial charge in [-0.1, -0.05) is 0 Å². The van der Waals surface area contributed by atoms with Gasteiger partial charge in [-0.2, -0.15) is 0 Å². The van der Waals surface area contributed by atoms with Crippen molar-refractivity contribution in [1.29, 1.82) is 0 Å². The van der Waals surface area contributed by atoms with Crippen LogP contribution in [-0.4, -0.2) is 20.8 Å². The number of aromatic nitrogens is 3. The van der Waals surface area contributed by atoms with E-state index in [1.54, 1.807) is 19.9 Å². The summed E-state index contributed by atoms with van der Waals surface area (Å²) in [7, 11) is 0. The summed E-state index contributed by atoms with van der Waals surface area (Å²) in [5.41, 5.74) is 1.60. The fourth-order valence-corrected chi connectivity index (χ4v) is 3.17. The zero-order valence-electron chi connectivity index (χ0n) is 14.9. The quantitative estimate of drug-likeness (QED) is 0.399. The predicted octanol–water partition coefficient (Wildman–Crippen LogP) is 3.52. The Hall–Kier alpha value is -2.69. The summed E-state index contributed by atoms with van der Waals surface area (Å²) in [5, 5.41) is 0. The molecule has 6 nitrogen and oxygen atoms in total. The monoisotopic (exact) mass is 497 g/mol. The maximum Gasteiger partial charge on any atom is 0.272 e. The number of nitrogens with zero attached hydrogens (tertiary/aromatic N) is 3. The molecule has 0 bridgehead atoms. The van der Waals surface area contributed by atoms with E-state index in [0.29, 0.717) is 17.7 Å². The highest BCUT2D eigenvalue weighted by molar-refractivity contribution is 14.1. The smallest absolute Gasteiger partial charge is 0.272 e. The highest BCUT2D eigenvalue weighted by Gasteiger charge is 2.16. The molecule has 3 aromatic rings. The average molecular weight is 497 g/mol. The molecule has 0 atom stereocenters. The van der Waals surface area contributed by atoms with Crippen LogP contribution in [0, 0.1) is 29.1 Å². The van der Waals surface area contributed by atoms with Gasteiger partial charge in [0.2, 0.25) is 0 Å². The highest BCUT2D eigenvalue weighted by atomic mass is 127. The number of aldehydes is 1. The van der Waals surface area contributed by atoms with E-state index in [1.807, 2.05) is 22.6 Å². The largest absolute Gasteiger partial charge is 0.486 e. The summed E-state index contributed by atoms with van der Waals surface area (Å²) in [6, 6.07) is 3.88. The first-order valence-electron chi connectivity index (χ1n) is 8.09. The molecule has 0 aliphatic carbocycles. The molecule has 0 saturated heterocycles. The van der Waals surface area contributed by atoms with Gasteiger partial charge in [0.1, 0.15) is 33.1 Å². The Morgan fingerprint density at radius 2 is 1.93 bits per heavy atom. The standard InChI is InChI=1S/C19H14F2IN3O3/c1-10-6-23-13(8-26)5-16(10)25-11(2)3-17(18(22)19(25)27)28-9-15-14(21)4-12(20)7-24-15/h3-8H,9H2,1-2H3. The molecule has 0 amide bonds. The van der Waals surface area contributed by atoms with Crippen molar-refractivity contribution in [1.82, 2.24) is 14.5 Å². The van der Waals surface area contributed by atoms with Gasteiger partial charge in [-0.05, 0) is 48.1 Å². The molecule has 0 unspecified atom stereocenters. The molecule has 0 aromatic carbocycles. The first kappa shape index (κ1) is 20.1. The summed E-state index contributed by atoms with van der Waals surface area (Å²) >= 11 is 1.84. The van der Waals surface area contributed by atoms with E-state index in [1.165, 1.54) is 16.8 Å². The third-order valence-corrected chi connectivity index (χ3v) is 5.00. The Bertz CT molecular complexity index is 1130. The molecule has 0 spiro atoms. The molecular formula is C19H14F2IN3O3. The number of halogens is 3. The zero-order valence-corrected chi connectivity index (χ0v) is 17.0. The van der Waals surface area contributed by atoms with Crippen LogP contribution in [0.1, 0.15) is 27.4 Å². The summed E-state index contributed by atoms with van der Waals surface area (Å²) < 4.78 is 34.0. The van der Waals surface area contributed by atoms with E-state index < -0.39 is 11.6 Å². The number of carbonyl (C=O) groups is 1. The van der Waals surface area contributed by atoms with Crippen LogP contribution < -0.4 is 10.3 Å². The Labute approximate surface area is 172 Å². The Morgan fingerprint density at radius 3 is 2.61 bits per heavy atom. The van der Waals surface area contributed by atoms with Crippen LogP contribution >= 0.6 is 22.6 Å². The van der Waals surface area contributed by atoms with Crippen LogP contribution in [0.25, 0.3) is 5.69 Å². The normalized spacial score (nSPS) is 10.8. The van der Waals surface area contributed by atoms with Gasteiger partial charge in [-0.15, -0.1) is 0 Å². The molecule has 3 heterocycles. The van der Waals surface area contributed by atoms with E-state index in [-0.39, 0.29) is 32.9 Å². The summed E-state index contributed by atoms with van der Waals surface area (Å²) in [4.78, 5) is 31.6. The number of hydrogen-bond donors (Lipinski definition) is 0. The van der Waals surface area contributed by atoms with Crippen LogP contribution in [0.5, 0.6) is 5.75 Å². The van der Waals surface area contributed by atoms with E-state index in [4.69, 9.17) is 4.74 Å². The van der Waals surface area contributed by atoms with Crippen molar-refractivity contribution in [3.05, 3.63) is 78.8 Å². The molecule has 144 valence electrons. The SMILES string of the molecule is Cc1cnc(C=O)cc1-n1c(C)cc(OCc2ncc(F)cc2F)c(I)c1=O. The van der Waals surface area contributed by atoms with Crippen LogP contribution in [0.3, 0.4) is 0 Å². The van der Waals surface area contributed by atoms with Crippen molar-refractivity contribution >= 4 is 28.9 Å². The second-order valence-corrected chi connectivity index (χ2v) is 7.07. The predicted molar refractivity (Wildman–Crippen MR) is 106 cm³/mol. The van der Waals surface area contributed by atoms with E-state index in [2.05, 4.69) is 9.97 Å². The maximum atomic E-state index is 13.7. The lowest BCUT2D eigenvalue weighted by Crippen LogP contribution is -2.25. The minimum absolute atomic E-state index is 0.0698. The minimum Gasteiger partial charge on any atom is -0.486 e. The molecule has 0 aliphatic heterocycles. The lowest BCUT2D eigenvalue weighted by Gasteiger charge is -2.16. The van der Waals surface area contributed by atoms with Gasteiger partial charge in [-0.3, -0.25) is 24.1 Å². The van der Waals surface area contributed by atoms with Crippen molar-refractivity contribution < 1.29 is 18.3 Å². The van der Waals surface area contributed by atoms with Crippen molar-refractivity contribution in [2.45, 2.75) is 20.5 Å². The van der Waals surface area contributed by atoms with E-state index >= 15 is 0 Å². The number of aryl methyl sites for hydroxylation is 2. The van der Waals surface area contributed by atoms with Gasteiger partial charge in [-0.25, -0.2) is 8.78 Å². The summed E-state index contributed by atoms with van der Waals surface area (Å²) in [6.45, 7) is 3.24. The molecule has 0 fully saturated rings. The van der Waals surface area contributed by atoms with Crippen molar-refractivity contribution in [3.63, 3.8) is 0 Å². The maximum absolute atomic E-state index is 13.7. The summed E-state index contributed by atoms with van der Waals surface area (Å²) in [5.74, 6) is -1.35. The highest BCUT2D eigenvalue weighted by Crippen LogP contribution is 2.23. The Balaban J connectivity index is 1.99. The molecule has 0 radical (unpaired) electrons. The molecule has 28 heavy (non-hydrogen) atoms. The van der Waals surface area contributed by atoms with Crippen molar-refractivity contribution in [2.75, 3.05) is 0 Å². The van der Waals surface area contributed by atoms with Crippen LogP contribution in [0.2, 0.25) is 0 Å². The lowest BCUT2D eigenvalue weighted by molar-refractivity contribution is 0.111. The van der Waals surface area contributed by atoms with Crippen LogP contribution in [0.4, 0.5) is 8.78 Å². The lowest BCUT2D eigenvalue weighted by atomic mass is 10.2. The van der Waals surface area contributed by atoms with E-state index in [0.717, 1.165) is 17.8 Å². The second-order valence-electron chi connectivity index (χ2n) is 5.99. The summed E-state index contributed by atoms with van der Waals surface area (Å²) in [6.07, 6.45) is 3.02.